The number of rotatable bonds is 5. The second-order valence-electron chi connectivity index (χ2n) is 5.70. The van der Waals surface area contributed by atoms with Gasteiger partial charge >= 0.3 is 12.4 Å². The molecule has 2 N–H and O–H groups in total. The Labute approximate surface area is 120 Å². The fraction of sp³-hybridized carbons (Fsp3) is 1.00. The van der Waals surface area contributed by atoms with Crippen LogP contribution in [-0.4, -0.2) is 30.6 Å². The third-order valence-electron chi connectivity index (χ3n) is 4.05. The van der Waals surface area contributed by atoms with Gasteiger partial charge in [-0.2, -0.15) is 26.3 Å². The van der Waals surface area contributed by atoms with Crippen LogP contribution < -0.4 is 5.73 Å². The second-order valence-corrected chi connectivity index (χ2v) is 5.70. The molecular formula is C13H21F6NO. The largest absolute Gasteiger partial charge is 0.423 e. The maximum absolute atomic E-state index is 12.6. The summed E-state index contributed by atoms with van der Waals surface area (Å²) in [6, 6.07) is 0. The van der Waals surface area contributed by atoms with Crippen LogP contribution in [0.4, 0.5) is 26.3 Å². The molecule has 21 heavy (non-hydrogen) atoms. The van der Waals surface area contributed by atoms with E-state index in [0.717, 1.165) is 12.8 Å². The minimum absolute atomic E-state index is 0.136. The number of halogens is 6. The predicted octanol–water partition coefficient (Wildman–Crippen LogP) is 4.18. The van der Waals surface area contributed by atoms with Crippen LogP contribution in [0, 0.1) is 5.92 Å². The van der Waals surface area contributed by atoms with Crippen LogP contribution in [0.5, 0.6) is 0 Å². The molecular weight excluding hydrogens is 300 g/mol. The van der Waals surface area contributed by atoms with Crippen molar-refractivity contribution < 1.29 is 31.1 Å². The predicted molar refractivity (Wildman–Crippen MR) is 65.6 cm³/mol. The van der Waals surface area contributed by atoms with Crippen molar-refractivity contribution in [3.8, 4) is 0 Å². The molecule has 0 atom stereocenters. The van der Waals surface area contributed by atoms with E-state index >= 15 is 0 Å². The highest BCUT2D eigenvalue weighted by atomic mass is 19.4. The van der Waals surface area contributed by atoms with Crippen LogP contribution in [0.1, 0.15) is 45.4 Å². The molecule has 0 aromatic heterocycles. The first-order valence-corrected chi connectivity index (χ1v) is 7.05. The summed E-state index contributed by atoms with van der Waals surface area (Å²) in [7, 11) is 0. The number of ether oxygens (including phenoxy) is 1. The Hall–Kier alpha value is -0.500. The maximum atomic E-state index is 12.6. The van der Waals surface area contributed by atoms with Crippen LogP contribution in [0.3, 0.4) is 0 Å². The molecule has 0 amide bonds. The van der Waals surface area contributed by atoms with Gasteiger partial charge in [-0.05, 0) is 31.6 Å². The van der Waals surface area contributed by atoms with Gasteiger partial charge in [-0.25, -0.2) is 0 Å². The van der Waals surface area contributed by atoms with E-state index in [-0.39, 0.29) is 19.4 Å². The number of hydrogen-bond donors (Lipinski definition) is 1. The van der Waals surface area contributed by atoms with E-state index in [4.69, 9.17) is 5.73 Å². The first-order valence-electron chi connectivity index (χ1n) is 7.05. The fourth-order valence-electron chi connectivity index (χ4n) is 2.84. The van der Waals surface area contributed by atoms with Crippen LogP contribution in [0.2, 0.25) is 0 Å². The third-order valence-corrected chi connectivity index (χ3v) is 4.05. The van der Waals surface area contributed by atoms with E-state index in [1.807, 2.05) is 6.92 Å². The Morgan fingerprint density at radius 1 is 1.10 bits per heavy atom. The van der Waals surface area contributed by atoms with Gasteiger partial charge in [0.1, 0.15) is 0 Å². The molecule has 8 heteroatoms. The lowest BCUT2D eigenvalue weighted by Gasteiger charge is -2.42. The molecule has 1 rings (SSSR count). The van der Waals surface area contributed by atoms with Gasteiger partial charge < -0.3 is 10.5 Å². The topological polar surface area (TPSA) is 35.2 Å². The van der Waals surface area contributed by atoms with Gasteiger partial charge in [-0.1, -0.05) is 19.8 Å². The summed E-state index contributed by atoms with van der Waals surface area (Å²) < 4.78 is 80.0. The molecule has 0 radical (unpaired) electrons. The normalized spacial score (nSPS) is 28.1. The van der Waals surface area contributed by atoms with Gasteiger partial charge in [0, 0.05) is 6.54 Å². The molecule has 2 nitrogen and oxygen atoms in total. The van der Waals surface area contributed by atoms with Crippen molar-refractivity contribution in [2.75, 3.05) is 6.54 Å². The van der Waals surface area contributed by atoms with Crippen LogP contribution in [0.25, 0.3) is 0 Å². The Kier molecular flexibility index (Phi) is 5.94. The molecule has 0 unspecified atom stereocenters. The lowest BCUT2D eigenvalue weighted by molar-refractivity contribution is -0.346. The SMILES string of the molecule is CCCC1CCC(CN)(OC(C(F)(F)F)C(F)(F)F)CC1. The molecule has 0 saturated heterocycles. The lowest BCUT2D eigenvalue weighted by Crippen LogP contribution is -2.54. The van der Waals surface area contributed by atoms with Gasteiger partial charge in [0.05, 0.1) is 5.60 Å². The number of alkyl halides is 6. The minimum atomic E-state index is -5.49. The van der Waals surface area contributed by atoms with Crippen LogP contribution in [0.15, 0.2) is 0 Å². The summed E-state index contributed by atoms with van der Waals surface area (Å²) in [5.41, 5.74) is 3.90. The summed E-state index contributed by atoms with van der Waals surface area (Å²) in [5, 5.41) is 0. The van der Waals surface area contributed by atoms with Crippen molar-refractivity contribution in [3.63, 3.8) is 0 Å². The molecule has 126 valence electrons. The maximum Gasteiger partial charge on any atom is 0.423 e. The molecule has 1 aliphatic rings. The molecule has 0 aromatic rings. The molecule has 0 spiro atoms. The van der Waals surface area contributed by atoms with Crippen LogP contribution >= 0.6 is 0 Å². The smallest absolute Gasteiger partial charge is 0.353 e. The Morgan fingerprint density at radius 2 is 1.57 bits per heavy atom. The highest BCUT2D eigenvalue weighted by Gasteiger charge is 2.60. The van der Waals surface area contributed by atoms with Crippen molar-refractivity contribution >= 4 is 0 Å². The average Bonchev–Trinajstić information content (AvgIpc) is 2.36. The average molecular weight is 321 g/mol. The number of nitrogens with two attached hydrogens (primary N) is 1. The first-order chi connectivity index (χ1) is 9.54. The molecule has 1 fully saturated rings. The Balaban J connectivity index is 2.81. The molecule has 0 aliphatic heterocycles. The van der Waals surface area contributed by atoms with E-state index < -0.39 is 24.1 Å². The molecule has 1 aliphatic carbocycles. The minimum Gasteiger partial charge on any atom is -0.353 e. The van der Waals surface area contributed by atoms with Crippen molar-refractivity contribution in [1.82, 2.24) is 0 Å². The van der Waals surface area contributed by atoms with Gasteiger partial charge in [-0.15, -0.1) is 0 Å². The first kappa shape index (κ1) is 18.5. The standard InChI is InChI=1S/C13H21F6NO/c1-2-3-9-4-6-11(8-20,7-5-9)21-10(12(14,15)16)13(17,18)19/h9-10H,2-8,20H2,1H3. The van der Waals surface area contributed by atoms with Gasteiger partial charge in [0.25, 0.3) is 0 Å². The van der Waals surface area contributed by atoms with Gasteiger partial charge in [0.15, 0.2) is 0 Å². The summed E-state index contributed by atoms with van der Waals surface area (Å²) in [4.78, 5) is 0. The summed E-state index contributed by atoms with van der Waals surface area (Å²) in [6.07, 6.45) is -11.5. The van der Waals surface area contributed by atoms with E-state index in [1.165, 1.54) is 0 Å². The summed E-state index contributed by atoms with van der Waals surface area (Å²) >= 11 is 0. The lowest BCUT2D eigenvalue weighted by atomic mass is 9.77. The van der Waals surface area contributed by atoms with Crippen molar-refractivity contribution in [1.29, 1.82) is 0 Å². The monoisotopic (exact) mass is 321 g/mol. The van der Waals surface area contributed by atoms with E-state index in [9.17, 15) is 26.3 Å². The number of hydrogen-bond acceptors (Lipinski definition) is 2. The van der Waals surface area contributed by atoms with Crippen molar-refractivity contribution in [3.05, 3.63) is 0 Å². The molecule has 0 bridgehead atoms. The van der Waals surface area contributed by atoms with Crippen molar-refractivity contribution in [2.45, 2.75) is 69.5 Å². The van der Waals surface area contributed by atoms with Gasteiger partial charge in [0.2, 0.25) is 6.10 Å². The molecule has 0 aromatic carbocycles. The second kappa shape index (κ2) is 6.73. The Bertz CT molecular complexity index is 306. The zero-order valence-electron chi connectivity index (χ0n) is 11.9. The van der Waals surface area contributed by atoms with Crippen LogP contribution in [-0.2, 0) is 4.74 Å². The van der Waals surface area contributed by atoms with E-state index in [1.54, 1.807) is 0 Å². The van der Waals surface area contributed by atoms with E-state index in [0.29, 0.717) is 18.8 Å². The molecule has 0 heterocycles. The fourth-order valence-corrected chi connectivity index (χ4v) is 2.84. The highest BCUT2D eigenvalue weighted by molar-refractivity contribution is 4.91. The Morgan fingerprint density at radius 3 is 1.90 bits per heavy atom. The van der Waals surface area contributed by atoms with E-state index in [2.05, 4.69) is 4.74 Å². The quantitative estimate of drug-likeness (QED) is 0.771. The zero-order valence-corrected chi connectivity index (χ0v) is 11.9. The summed E-state index contributed by atoms with van der Waals surface area (Å²) in [6.45, 7) is 1.65. The zero-order chi connectivity index (χ0) is 16.3. The summed E-state index contributed by atoms with van der Waals surface area (Å²) in [5.74, 6) is 0.327. The van der Waals surface area contributed by atoms with Crippen molar-refractivity contribution in [2.24, 2.45) is 11.7 Å². The highest BCUT2D eigenvalue weighted by Crippen LogP contribution is 2.43. The third kappa shape index (κ3) is 5.02. The molecule has 1 saturated carbocycles. The van der Waals surface area contributed by atoms with Gasteiger partial charge in [-0.3, -0.25) is 0 Å².